The van der Waals surface area contributed by atoms with Crippen LogP contribution in [0.1, 0.15) is 16.8 Å². The van der Waals surface area contributed by atoms with Crippen molar-refractivity contribution in [3.63, 3.8) is 0 Å². The number of likely N-dealkylation sites (N-methyl/N-ethyl adjacent to an activating group) is 1. The van der Waals surface area contributed by atoms with Crippen LogP contribution in [0.4, 0.5) is 5.82 Å². The Bertz CT molecular complexity index is 510. The monoisotopic (exact) mass is 242 g/mol. The van der Waals surface area contributed by atoms with Gasteiger partial charge in [-0.1, -0.05) is 6.07 Å². The highest BCUT2D eigenvalue weighted by atomic mass is 15.2. The van der Waals surface area contributed by atoms with Crippen LogP contribution in [0.3, 0.4) is 0 Å². The molecule has 0 aromatic carbocycles. The molecule has 0 radical (unpaired) electrons. The van der Waals surface area contributed by atoms with Gasteiger partial charge in [-0.15, -0.1) is 5.10 Å². The molecule has 0 spiro atoms. The molecule has 0 unspecified atom stereocenters. The van der Waals surface area contributed by atoms with E-state index in [1.165, 1.54) is 11.1 Å². The van der Waals surface area contributed by atoms with Gasteiger partial charge in [0.05, 0.1) is 6.20 Å². The second kappa shape index (κ2) is 5.58. The zero-order valence-corrected chi connectivity index (χ0v) is 11.1. The minimum Gasteiger partial charge on any atom is -0.358 e. The number of rotatable bonds is 4. The molecule has 0 fully saturated rings. The number of nitrogens with zero attached hydrogens (tertiary/aromatic N) is 4. The average molecular weight is 242 g/mol. The molecule has 2 rings (SSSR count). The van der Waals surface area contributed by atoms with Gasteiger partial charge in [-0.3, -0.25) is 4.98 Å². The predicted octanol–water partition coefficient (Wildman–Crippen LogP) is 2.17. The zero-order valence-electron chi connectivity index (χ0n) is 11.1. The third-order valence-electron chi connectivity index (χ3n) is 3.12. The fourth-order valence-corrected chi connectivity index (χ4v) is 1.82. The molecule has 18 heavy (non-hydrogen) atoms. The maximum Gasteiger partial charge on any atom is 0.154 e. The van der Waals surface area contributed by atoms with Crippen molar-refractivity contribution in [1.82, 2.24) is 15.2 Å². The molecule has 0 bridgehead atoms. The number of aryl methyl sites for hydroxylation is 1. The number of anilines is 1. The zero-order chi connectivity index (χ0) is 13.0. The van der Waals surface area contributed by atoms with Crippen LogP contribution in [0.25, 0.3) is 0 Å². The van der Waals surface area contributed by atoms with Crippen LogP contribution in [0, 0.1) is 13.8 Å². The molecule has 4 nitrogen and oxygen atoms in total. The summed E-state index contributed by atoms with van der Waals surface area (Å²) in [5, 5.41) is 8.22. The van der Waals surface area contributed by atoms with Crippen LogP contribution in [0.2, 0.25) is 0 Å². The summed E-state index contributed by atoms with van der Waals surface area (Å²) in [4.78, 5) is 6.45. The molecule has 0 aliphatic heterocycles. The van der Waals surface area contributed by atoms with E-state index in [0.29, 0.717) is 0 Å². The van der Waals surface area contributed by atoms with Crippen molar-refractivity contribution in [1.29, 1.82) is 0 Å². The minimum atomic E-state index is 0.885. The summed E-state index contributed by atoms with van der Waals surface area (Å²) in [7, 11) is 2.04. The van der Waals surface area contributed by atoms with Crippen LogP contribution < -0.4 is 4.90 Å². The lowest BCUT2D eigenvalue weighted by atomic mass is 10.2. The number of aromatic nitrogens is 3. The Morgan fingerprint density at radius 1 is 1.22 bits per heavy atom. The van der Waals surface area contributed by atoms with Crippen molar-refractivity contribution < 1.29 is 0 Å². The lowest BCUT2D eigenvalue weighted by Gasteiger charge is -2.19. The van der Waals surface area contributed by atoms with E-state index in [1.807, 2.05) is 31.4 Å². The van der Waals surface area contributed by atoms with Crippen LogP contribution >= 0.6 is 0 Å². The van der Waals surface area contributed by atoms with E-state index < -0.39 is 0 Å². The van der Waals surface area contributed by atoms with Crippen LogP contribution in [0.15, 0.2) is 30.6 Å². The second-order valence-corrected chi connectivity index (χ2v) is 4.47. The summed E-state index contributed by atoms with van der Waals surface area (Å²) in [6.07, 6.45) is 4.53. The molecule has 0 aliphatic rings. The maximum absolute atomic E-state index is 4.32. The van der Waals surface area contributed by atoms with E-state index in [4.69, 9.17) is 0 Å². The molecule has 2 aromatic heterocycles. The van der Waals surface area contributed by atoms with E-state index in [-0.39, 0.29) is 0 Å². The first kappa shape index (κ1) is 12.5. The van der Waals surface area contributed by atoms with Gasteiger partial charge in [0, 0.05) is 31.9 Å². The van der Waals surface area contributed by atoms with E-state index in [2.05, 4.69) is 33.9 Å². The molecule has 0 saturated carbocycles. The molecular weight excluding hydrogens is 224 g/mol. The number of hydrogen-bond donors (Lipinski definition) is 0. The SMILES string of the molecule is Cc1cnnc(N(C)CCc2ccccn2)c1C. The molecule has 0 atom stereocenters. The Balaban J connectivity index is 2.04. The Labute approximate surface area is 108 Å². The maximum atomic E-state index is 4.32. The van der Waals surface area contributed by atoms with E-state index in [1.54, 1.807) is 6.20 Å². The van der Waals surface area contributed by atoms with E-state index in [0.717, 1.165) is 24.5 Å². The molecule has 0 aliphatic carbocycles. The molecule has 2 aromatic rings. The minimum absolute atomic E-state index is 0.885. The van der Waals surface area contributed by atoms with Gasteiger partial charge < -0.3 is 4.90 Å². The Morgan fingerprint density at radius 2 is 2.06 bits per heavy atom. The lowest BCUT2D eigenvalue weighted by Crippen LogP contribution is -2.23. The summed E-state index contributed by atoms with van der Waals surface area (Å²) in [6, 6.07) is 5.99. The Kier molecular flexibility index (Phi) is 3.87. The molecule has 0 saturated heterocycles. The Hall–Kier alpha value is -1.97. The third kappa shape index (κ3) is 2.83. The fourth-order valence-electron chi connectivity index (χ4n) is 1.82. The van der Waals surface area contributed by atoms with E-state index in [9.17, 15) is 0 Å². The van der Waals surface area contributed by atoms with Gasteiger partial charge in [0.25, 0.3) is 0 Å². The lowest BCUT2D eigenvalue weighted by molar-refractivity contribution is 0.815. The Morgan fingerprint density at radius 3 is 2.78 bits per heavy atom. The van der Waals surface area contributed by atoms with Crippen LogP contribution in [-0.2, 0) is 6.42 Å². The van der Waals surface area contributed by atoms with Crippen LogP contribution in [-0.4, -0.2) is 28.8 Å². The summed E-state index contributed by atoms with van der Waals surface area (Å²) in [6.45, 7) is 5.02. The van der Waals surface area contributed by atoms with Gasteiger partial charge >= 0.3 is 0 Å². The average Bonchev–Trinajstić information content (AvgIpc) is 2.40. The van der Waals surface area contributed by atoms with Gasteiger partial charge in [0.15, 0.2) is 5.82 Å². The standard InChI is InChI=1S/C14H18N4/c1-11-10-16-17-14(12(11)2)18(3)9-7-13-6-4-5-8-15-13/h4-6,8,10H,7,9H2,1-3H3. The molecule has 2 heterocycles. The topological polar surface area (TPSA) is 41.9 Å². The highest BCUT2D eigenvalue weighted by molar-refractivity contribution is 5.47. The molecule has 0 amide bonds. The highest BCUT2D eigenvalue weighted by Crippen LogP contribution is 2.17. The molecule has 0 N–H and O–H groups in total. The summed E-state index contributed by atoms with van der Waals surface area (Å²) in [5.74, 6) is 0.950. The summed E-state index contributed by atoms with van der Waals surface area (Å²) >= 11 is 0. The molecular formula is C14H18N4. The summed E-state index contributed by atoms with van der Waals surface area (Å²) < 4.78 is 0. The molecule has 4 heteroatoms. The van der Waals surface area contributed by atoms with Gasteiger partial charge in [-0.2, -0.15) is 5.10 Å². The van der Waals surface area contributed by atoms with Gasteiger partial charge in [0.1, 0.15) is 0 Å². The van der Waals surface area contributed by atoms with Crippen molar-refractivity contribution in [2.24, 2.45) is 0 Å². The van der Waals surface area contributed by atoms with Gasteiger partial charge in [0.2, 0.25) is 0 Å². The summed E-state index contributed by atoms with van der Waals surface area (Å²) in [5.41, 5.74) is 3.46. The fraction of sp³-hybridized carbons (Fsp3) is 0.357. The smallest absolute Gasteiger partial charge is 0.154 e. The second-order valence-electron chi connectivity index (χ2n) is 4.47. The first-order chi connectivity index (χ1) is 8.68. The van der Waals surface area contributed by atoms with Crippen molar-refractivity contribution in [3.8, 4) is 0 Å². The number of hydrogen-bond acceptors (Lipinski definition) is 4. The van der Waals surface area contributed by atoms with Crippen molar-refractivity contribution in [2.75, 3.05) is 18.5 Å². The molecule has 94 valence electrons. The van der Waals surface area contributed by atoms with Crippen molar-refractivity contribution >= 4 is 5.82 Å². The predicted molar refractivity (Wildman–Crippen MR) is 72.7 cm³/mol. The van der Waals surface area contributed by atoms with Gasteiger partial charge in [-0.05, 0) is 37.1 Å². The highest BCUT2D eigenvalue weighted by Gasteiger charge is 2.08. The van der Waals surface area contributed by atoms with Crippen molar-refractivity contribution in [3.05, 3.63) is 47.4 Å². The quantitative estimate of drug-likeness (QED) is 0.824. The number of pyridine rings is 1. The largest absolute Gasteiger partial charge is 0.358 e. The van der Waals surface area contributed by atoms with Gasteiger partial charge in [-0.25, -0.2) is 0 Å². The third-order valence-corrected chi connectivity index (χ3v) is 3.12. The van der Waals surface area contributed by atoms with Crippen LogP contribution in [0.5, 0.6) is 0 Å². The first-order valence-electron chi connectivity index (χ1n) is 6.08. The van der Waals surface area contributed by atoms with Crippen molar-refractivity contribution in [2.45, 2.75) is 20.3 Å². The first-order valence-corrected chi connectivity index (χ1v) is 6.08. The normalized spacial score (nSPS) is 10.4. The van der Waals surface area contributed by atoms with E-state index >= 15 is 0 Å².